The normalized spacial score (nSPS) is 13.6. The first kappa shape index (κ1) is 30.9. The van der Waals surface area contributed by atoms with Crippen LogP contribution in [0.1, 0.15) is 38.8 Å². The molecule has 0 aliphatic heterocycles. The molecule has 0 atom stereocenters. The molecular formula is C47H44IrN2OSi-2. The van der Waals surface area contributed by atoms with Crippen LogP contribution in [-0.4, -0.2) is 18.0 Å². The zero-order chi connectivity index (χ0) is 40.0. The van der Waals surface area contributed by atoms with Gasteiger partial charge in [-0.05, 0) is 51.3 Å². The number of hydrogen-bond donors (Lipinski definition) is 0. The molecule has 3 aromatic heterocycles. The Morgan fingerprint density at radius 1 is 0.750 bits per heavy atom. The Morgan fingerprint density at radius 3 is 2.23 bits per heavy atom. The first-order valence-electron chi connectivity index (χ1n) is 19.7. The number of aryl methyl sites for hydroxylation is 1. The van der Waals surface area contributed by atoms with E-state index in [1.165, 1.54) is 28.4 Å². The van der Waals surface area contributed by atoms with Crippen molar-refractivity contribution in [2.75, 3.05) is 0 Å². The quantitative estimate of drug-likeness (QED) is 0.128. The van der Waals surface area contributed by atoms with Gasteiger partial charge in [-0.25, -0.2) is 0 Å². The van der Waals surface area contributed by atoms with Crippen molar-refractivity contribution in [3.8, 4) is 33.6 Å². The summed E-state index contributed by atoms with van der Waals surface area (Å²) in [5.74, 6) is 0. The summed E-state index contributed by atoms with van der Waals surface area (Å²) >= 11 is 0. The van der Waals surface area contributed by atoms with E-state index in [0.29, 0.717) is 16.8 Å². The maximum Gasteiger partial charge on any atom is 0.128 e. The molecule has 8 aromatic rings. The number of pyridine rings is 2. The molecule has 52 heavy (non-hydrogen) atoms. The van der Waals surface area contributed by atoms with Gasteiger partial charge in [0, 0.05) is 50.1 Å². The average Bonchev–Trinajstić information content (AvgIpc) is 3.57. The van der Waals surface area contributed by atoms with Crippen LogP contribution >= 0.6 is 0 Å². The number of aromatic nitrogens is 2. The van der Waals surface area contributed by atoms with Gasteiger partial charge >= 0.3 is 0 Å². The van der Waals surface area contributed by atoms with Crippen LogP contribution in [0.25, 0.3) is 66.4 Å². The predicted octanol–water partition coefficient (Wildman–Crippen LogP) is 12.3. The fourth-order valence-corrected chi connectivity index (χ4v) is 7.38. The van der Waals surface area contributed by atoms with Gasteiger partial charge in [-0.15, -0.1) is 53.6 Å². The summed E-state index contributed by atoms with van der Waals surface area (Å²) in [4.78, 5) is 9.00. The van der Waals surface area contributed by atoms with Gasteiger partial charge < -0.3 is 14.4 Å². The van der Waals surface area contributed by atoms with E-state index in [1.807, 2.05) is 33.0 Å². The maximum absolute atomic E-state index is 8.25. The van der Waals surface area contributed by atoms with Crippen molar-refractivity contribution < 1.29 is 31.4 Å². The summed E-state index contributed by atoms with van der Waals surface area (Å²) < 4.78 is 45.1. The molecule has 0 saturated heterocycles. The Balaban J connectivity index is 0.000000203. The van der Waals surface area contributed by atoms with Crippen LogP contribution in [0.15, 0.2) is 132 Å². The van der Waals surface area contributed by atoms with E-state index in [2.05, 4.69) is 116 Å². The van der Waals surface area contributed by atoms with Crippen molar-refractivity contribution in [3.05, 3.63) is 151 Å². The third-order valence-corrected chi connectivity index (χ3v) is 10.9. The van der Waals surface area contributed by atoms with E-state index >= 15 is 0 Å². The molecule has 3 nitrogen and oxygen atoms in total. The number of nitrogens with zero attached hydrogens (tertiary/aromatic N) is 2. The third-order valence-electron chi connectivity index (χ3n) is 8.80. The second-order valence-corrected chi connectivity index (χ2v) is 20.0. The SMILES string of the molecule is C[Si](C)(C)c1ccc(-c2ccnc(-c3[c-]ccc4c3oc3c5ccccc5ccc43)c2)cc1.[2H]C([2H])([2H])c1c[c-]c(-c2ccc(C([2H])([2H])C(C)(C)C)cn2)cc1.[Ir]. The third kappa shape index (κ3) is 8.18. The van der Waals surface area contributed by atoms with Crippen LogP contribution in [0.4, 0.5) is 0 Å². The Labute approximate surface area is 329 Å². The van der Waals surface area contributed by atoms with E-state index in [1.54, 1.807) is 24.3 Å². The van der Waals surface area contributed by atoms with Crippen molar-refractivity contribution >= 4 is 46.0 Å². The van der Waals surface area contributed by atoms with Gasteiger partial charge in [0.2, 0.25) is 0 Å². The Hall–Kier alpha value is -4.67. The number of furan rings is 1. The fraction of sp³-hybridized carbons (Fsp3) is 0.191. The van der Waals surface area contributed by atoms with E-state index in [4.69, 9.17) is 16.3 Å². The van der Waals surface area contributed by atoms with E-state index < -0.39 is 26.7 Å². The fourth-order valence-electron chi connectivity index (χ4n) is 6.21. The van der Waals surface area contributed by atoms with E-state index in [-0.39, 0.29) is 25.7 Å². The minimum Gasteiger partial charge on any atom is -0.500 e. The summed E-state index contributed by atoms with van der Waals surface area (Å²) in [5, 5.41) is 5.99. The molecular weight excluding hydrogens is 829 g/mol. The number of benzene rings is 5. The van der Waals surface area contributed by atoms with Crippen LogP contribution in [0.5, 0.6) is 0 Å². The summed E-state index contributed by atoms with van der Waals surface area (Å²) in [6, 6.07) is 44.4. The Morgan fingerprint density at radius 2 is 1.54 bits per heavy atom. The number of fused-ring (bicyclic) bond motifs is 5. The van der Waals surface area contributed by atoms with Gasteiger partial charge in [0.05, 0.1) is 13.7 Å². The molecule has 0 amide bonds. The average molecular weight is 878 g/mol. The van der Waals surface area contributed by atoms with Crippen LogP contribution in [0, 0.1) is 24.4 Å². The topological polar surface area (TPSA) is 38.9 Å². The molecule has 1 radical (unpaired) electrons. The molecule has 3 heterocycles. The van der Waals surface area contributed by atoms with Crippen molar-refractivity contribution in [2.24, 2.45) is 5.41 Å². The Kier molecular flexibility index (Phi) is 8.99. The van der Waals surface area contributed by atoms with Crippen molar-refractivity contribution in [2.45, 2.75) is 53.6 Å². The maximum atomic E-state index is 8.25. The van der Waals surface area contributed by atoms with Crippen LogP contribution in [-0.2, 0) is 26.5 Å². The van der Waals surface area contributed by atoms with Crippen molar-refractivity contribution in [1.29, 1.82) is 0 Å². The monoisotopic (exact) mass is 878 g/mol. The van der Waals surface area contributed by atoms with Gasteiger partial charge in [-0.1, -0.05) is 142 Å². The largest absolute Gasteiger partial charge is 0.500 e. The smallest absolute Gasteiger partial charge is 0.128 e. The van der Waals surface area contributed by atoms with Crippen LogP contribution < -0.4 is 5.19 Å². The molecule has 5 heteroatoms. The second kappa shape index (κ2) is 15.1. The molecule has 0 aliphatic rings. The minimum atomic E-state index is -2.14. The molecule has 0 N–H and O–H groups in total. The molecule has 0 spiro atoms. The van der Waals surface area contributed by atoms with Crippen LogP contribution in [0.3, 0.4) is 0 Å². The molecule has 0 bridgehead atoms. The van der Waals surface area contributed by atoms with Gasteiger partial charge in [0.25, 0.3) is 0 Å². The second-order valence-electron chi connectivity index (χ2n) is 14.9. The summed E-state index contributed by atoms with van der Waals surface area (Å²) in [7, 11) is -1.32. The molecule has 0 saturated carbocycles. The molecule has 8 rings (SSSR count). The number of hydrogen-bond acceptors (Lipinski definition) is 3. The molecule has 5 aromatic carbocycles. The van der Waals surface area contributed by atoms with Gasteiger partial charge in [0.1, 0.15) is 5.58 Å². The van der Waals surface area contributed by atoms with Gasteiger partial charge in [-0.3, -0.25) is 0 Å². The van der Waals surface area contributed by atoms with Crippen molar-refractivity contribution in [1.82, 2.24) is 9.97 Å². The standard InChI is InChI=1S/C30H24NOSi.C17H20N.Ir/c1-33(2,3)23-14-11-20(12-15-23)22-17-18-31-28(19-22)27-10-6-9-25-26-16-13-21-7-4-5-8-24(21)29(26)32-30(25)27;1-13-5-8-15(9-6-13)16-10-7-14(12-18-16)11-17(2,3)4;/h4-9,11-19H,1-3H3;5-8,10,12H,11H2,1-4H3;/q2*-1;/i;1D3,11D2;. The molecule has 0 aliphatic carbocycles. The van der Waals surface area contributed by atoms with Gasteiger partial charge in [0.15, 0.2) is 0 Å². The summed E-state index contributed by atoms with van der Waals surface area (Å²) in [6.45, 7) is 10.5. The zero-order valence-electron chi connectivity index (χ0n) is 35.3. The summed E-state index contributed by atoms with van der Waals surface area (Å²) in [5.41, 5.74) is 7.40. The molecule has 263 valence electrons. The van der Waals surface area contributed by atoms with Crippen molar-refractivity contribution in [3.63, 3.8) is 0 Å². The van der Waals surface area contributed by atoms with E-state index in [0.717, 1.165) is 44.1 Å². The summed E-state index contributed by atoms with van der Waals surface area (Å²) in [6.07, 6.45) is 1.92. The van der Waals surface area contributed by atoms with Crippen LogP contribution in [0.2, 0.25) is 19.6 Å². The Bertz CT molecular complexity index is 2660. The molecule has 0 unspecified atom stereocenters. The molecule has 0 fully saturated rings. The zero-order valence-corrected chi connectivity index (χ0v) is 33.7. The minimum absolute atomic E-state index is 0. The van der Waals surface area contributed by atoms with Gasteiger partial charge in [-0.2, -0.15) is 0 Å². The first-order valence-corrected chi connectivity index (χ1v) is 20.7. The van der Waals surface area contributed by atoms with E-state index in [9.17, 15) is 0 Å². The predicted molar refractivity (Wildman–Crippen MR) is 218 cm³/mol. The number of rotatable bonds is 5. The first-order chi connectivity index (χ1) is 26.4.